The molecule has 0 bridgehead atoms. The Bertz CT molecular complexity index is 480. The van der Waals surface area contributed by atoms with Gasteiger partial charge in [0.1, 0.15) is 0 Å². The lowest BCUT2D eigenvalue weighted by atomic mass is 10.1. The third-order valence-corrected chi connectivity index (χ3v) is 2.15. The number of fused-ring (bicyclic) bond motifs is 1. The summed E-state index contributed by atoms with van der Waals surface area (Å²) >= 11 is 0. The van der Waals surface area contributed by atoms with Crippen LogP contribution in [0.25, 0.3) is 10.8 Å². The van der Waals surface area contributed by atoms with Gasteiger partial charge in [-0.25, -0.2) is 0 Å². The van der Waals surface area contributed by atoms with E-state index in [9.17, 15) is 0 Å². The number of aryl methyl sites for hydroxylation is 1. The molecular formula is C11H9N3. The van der Waals surface area contributed by atoms with Gasteiger partial charge in [0, 0.05) is 42.0 Å². The number of rotatable bonds is 2. The van der Waals surface area contributed by atoms with Crippen molar-refractivity contribution in [3.8, 4) is 6.07 Å². The first kappa shape index (κ1) is 8.64. The molecule has 0 aromatic carbocycles. The van der Waals surface area contributed by atoms with Crippen molar-refractivity contribution in [1.29, 1.82) is 5.26 Å². The lowest BCUT2D eigenvalue weighted by molar-refractivity contribution is 1.01. The molecule has 0 saturated heterocycles. The number of aromatic nitrogens is 2. The van der Waals surface area contributed by atoms with Gasteiger partial charge in [0.15, 0.2) is 0 Å². The third kappa shape index (κ3) is 1.55. The fourth-order valence-corrected chi connectivity index (χ4v) is 1.45. The molecule has 0 fully saturated rings. The quantitative estimate of drug-likeness (QED) is 0.716. The summed E-state index contributed by atoms with van der Waals surface area (Å²) in [6, 6.07) is 4.06. The zero-order chi connectivity index (χ0) is 9.80. The van der Waals surface area contributed by atoms with Gasteiger partial charge in [0.25, 0.3) is 0 Å². The Morgan fingerprint density at radius 3 is 3.00 bits per heavy atom. The molecule has 0 spiro atoms. The lowest BCUT2D eigenvalue weighted by Crippen LogP contribution is -1.89. The fraction of sp³-hybridized carbons (Fsp3) is 0.182. The summed E-state index contributed by atoms with van der Waals surface area (Å²) in [5.74, 6) is 0. The van der Waals surface area contributed by atoms with E-state index in [4.69, 9.17) is 5.26 Å². The maximum absolute atomic E-state index is 8.51. The molecule has 3 nitrogen and oxygen atoms in total. The topological polar surface area (TPSA) is 49.6 Å². The van der Waals surface area contributed by atoms with Gasteiger partial charge in [0.05, 0.1) is 6.07 Å². The Morgan fingerprint density at radius 1 is 1.21 bits per heavy atom. The Kier molecular flexibility index (Phi) is 2.37. The second kappa shape index (κ2) is 3.84. The number of nitrogens with zero attached hydrogens (tertiary/aromatic N) is 3. The van der Waals surface area contributed by atoms with Crippen LogP contribution in [-0.4, -0.2) is 9.97 Å². The van der Waals surface area contributed by atoms with Gasteiger partial charge in [-0.05, 0) is 18.1 Å². The van der Waals surface area contributed by atoms with Crippen LogP contribution < -0.4 is 0 Å². The molecule has 0 aliphatic rings. The van der Waals surface area contributed by atoms with E-state index in [1.165, 1.54) is 0 Å². The highest BCUT2D eigenvalue weighted by molar-refractivity contribution is 5.83. The van der Waals surface area contributed by atoms with Gasteiger partial charge in [-0.2, -0.15) is 5.26 Å². The van der Waals surface area contributed by atoms with Gasteiger partial charge in [-0.1, -0.05) is 0 Å². The molecule has 2 heterocycles. The Hall–Kier alpha value is -1.95. The van der Waals surface area contributed by atoms with E-state index < -0.39 is 0 Å². The molecule has 0 N–H and O–H groups in total. The molecule has 0 aliphatic heterocycles. The molecule has 2 rings (SSSR count). The molecule has 0 amide bonds. The van der Waals surface area contributed by atoms with Crippen molar-refractivity contribution in [2.45, 2.75) is 12.8 Å². The first-order valence-corrected chi connectivity index (χ1v) is 4.45. The first-order chi connectivity index (χ1) is 6.92. The van der Waals surface area contributed by atoms with Crippen molar-refractivity contribution in [2.24, 2.45) is 0 Å². The molecule has 14 heavy (non-hydrogen) atoms. The van der Waals surface area contributed by atoms with Gasteiger partial charge in [-0.3, -0.25) is 9.97 Å². The summed E-state index contributed by atoms with van der Waals surface area (Å²) in [6.07, 6.45) is 8.46. The van der Waals surface area contributed by atoms with Gasteiger partial charge in [-0.15, -0.1) is 0 Å². The third-order valence-electron chi connectivity index (χ3n) is 2.15. The minimum atomic E-state index is 0.523. The van der Waals surface area contributed by atoms with Crippen LogP contribution in [0.4, 0.5) is 0 Å². The first-order valence-electron chi connectivity index (χ1n) is 4.45. The summed E-state index contributed by atoms with van der Waals surface area (Å²) in [5, 5.41) is 10.7. The normalized spacial score (nSPS) is 9.93. The van der Waals surface area contributed by atoms with Crippen LogP contribution in [0.5, 0.6) is 0 Å². The van der Waals surface area contributed by atoms with Crippen LogP contribution in [-0.2, 0) is 6.42 Å². The van der Waals surface area contributed by atoms with E-state index in [0.717, 1.165) is 22.8 Å². The summed E-state index contributed by atoms with van der Waals surface area (Å²) < 4.78 is 0. The number of nitriles is 1. The van der Waals surface area contributed by atoms with Crippen LogP contribution in [0, 0.1) is 11.3 Å². The van der Waals surface area contributed by atoms with Crippen molar-refractivity contribution < 1.29 is 0 Å². The molecule has 2 aromatic rings. The van der Waals surface area contributed by atoms with Crippen molar-refractivity contribution in [2.75, 3.05) is 0 Å². The van der Waals surface area contributed by atoms with Crippen molar-refractivity contribution in [3.63, 3.8) is 0 Å². The Morgan fingerprint density at radius 2 is 2.14 bits per heavy atom. The molecule has 0 saturated carbocycles. The van der Waals surface area contributed by atoms with Gasteiger partial charge in [0.2, 0.25) is 0 Å². The lowest BCUT2D eigenvalue weighted by Gasteiger charge is -2.01. The minimum Gasteiger partial charge on any atom is -0.264 e. The van der Waals surface area contributed by atoms with E-state index in [1.54, 1.807) is 12.4 Å². The number of pyridine rings is 2. The van der Waals surface area contributed by atoms with Crippen LogP contribution in [0.3, 0.4) is 0 Å². The second-order valence-corrected chi connectivity index (χ2v) is 3.05. The van der Waals surface area contributed by atoms with Crippen molar-refractivity contribution >= 4 is 10.8 Å². The minimum absolute atomic E-state index is 0.523. The average Bonchev–Trinajstić information content (AvgIpc) is 2.26. The van der Waals surface area contributed by atoms with Crippen LogP contribution in [0.2, 0.25) is 0 Å². The predicted molar refractivity (Wildman–Crippen MR) is 53.5 cm³/mol. The van der Waals surface area contributed by atoms with E-state index in [0.29, 0.717) is 6.42 Å². The van der Waals surface area contributed by atoms with Crippen molar-refractivity contribution in [1.82, 2.24) is 9.97 Å². The summed E-state index contributed by atoms with van der Waals surface area (Å²) in [7, 11) is 0. The van der Waals surface area contributed by atoms with Crippen LogP contribution >= 0.6 is 0 Å². The zero-order valence-electron chi connectivity index (χ0n) is 7.64. The summed E-state index contributed by atoms with van der Waals surface area (Å²) in [6.45, 7) is 0. The monoisotopic (exact) mass is 183 g/mol. The van der Waals surface area contributed by atoms with Crippen LogP contribution in [0.1, 0.15) is 12.0 Å². The second-order valence-electron chi connectivity index (χ2n) is 3.05. The number of hydrogen-bond acceptors (Lipinski definition) is 3. The number of hydrogen-bond donors (Lipinski definition) is 0. The smallest absolute Gasteiger partial charge is 0.0625 e. The van der Waals surface area contributed by atoms with E-state index in [-0.39, 0.29) is 0 Å². The molecule has 0 atom stereocenters. The predicted octanol–water partition coefficient (Wildman–Crippen LogP) is 2.09. The highest BCUT2D eigenvalue weighted by atomic mass is 14.6. The molecule has 0 aliphatic carbocycles. The Labute approximate surface area is 82.0 Å². The highest BCUT2D eigenvalue weighted by Gasteiger charge is 2.00. The summed E-state index contributed by atoms with van der Waals surface area (Å²) in [4.78, 5) is 8.20. The maximum atomic E-state index is 8.51. The highest BCUT2D eigenvalue weighted by Crippen LogP contribution is 2.16. The molecule has 68 valence electrons. The van der Waals surface area contributed by atoms with E-state index in [2.05, 4.69) is 16.0 Å². The average molecular weight is 183 g/mol. The van der Waals surface area contributed by atoms with Crippen LogP contribution in [0.15, 0.2) is 30.9 Å². The Balaban J connectivity index is 2.49. The maximum Gasteiger partial charge on any atom is 0.0625 e. The molecule has 2 aromatic heterocycles. The SMILES string of the molecule is N#CCCc1cncc2ccncc12. The summed E-state index contributed by atoms with van der Waals surface area (Å²) in [5.41, 5.74) is 1.09. The van der Waals surface area contributed by atoms with E-state index >= 15 is 0 Å². The van der Waals surface area contributed by atoms with Crippen molar-refractivity contribution in [3.05, 3.63) is 36.4 Å². The fourth-order valence-electron chi connectivity index (χ4n) is 1.45. The van der Waals surface area contributed by atoms with Gasteiger partial charge >= 0.3 is 0 Å². The largest absolute Gasteiger partial charge is 0.264 e. The van der Waals surface area contributed by atoms with Gasteiger partial charge < -0.3 is 0 Å². The van der Waals surface area contributed by atoms with E-state index in [1.807, 2.05) is 18.5 Å². The zero-order valence-corrected chi connectivity index (χ0v) is 7.64. The molecule has 3 heteroatoms. The molecule has 0 radical (unpaired) electrons. The standard InChI is InChI=1S/C11H9N3/c12-4-1-2-9-6-14-7-10-3-5-13-8-11(9)10/h3,5-8H,1-2H2. The molecular weight excluding hydrogens is 174 g/mol. The molecule has 0 unspecified atom stereocenters.